The highest BCUT2D eigenvalue weighted by molar-refractivity contribution is 7.92. The zero-order valence-electron chi connectivity index (χ0n) is 15.5. The molecule has 8 heteroatoms. The van der Waals surface area contributed by atoms with E-state index in [1.54, 1.807) is 41.7 Å². The van der Waals surface area contributed by atoms with Crippen LogP contribution in [0.4, 0.5) is 5.69 Å². The number of carbonyl (C=O) groups excluding carboxylic acids is 1. The second kappa shape index (κ2) is 8.53. The molecule has 1 amide bonds. The van der Waals surface area contributed by atoms with Gasteiger partial charge in [-0.25, -0.2) is 13.4 Å². The maximum atomic E-state index is 12.4. The lowest BCUT2D eigenvalue weighted by molar-refractivity contribution is 0.0950. The quantitative estimate of drug-likeness (QED) is 0.611. The second-order valence-electron chi connectivity index (χ2n) is 6.51. The van der Waals surface area contributed by atoms with E-state index in [2.05, 4.69) is 28.9 Å². The fourth-order valence-electron chi connectivity index (χ4n) is 2.45. The van der Waals surface area contributed by atoms with Crippen molar-refractivity contribution in [2.75, 3.05) is 4.72 Å². The molecule has 0 aliphatic rings. The number of hydrogen-bond acceptors (Lipinski definition) is 5. The zero-order valence-corrected chi connectivity index (χ0v) is 17.2. The van der Waals surface area contributed by atoms with Crippen molar-refractivity contribution >= 4 is 33.0 Å². The Kier molecular flexibility index (Phi) is 6.11. The van der Waals surface area contributed by atoms with E-state index in [-0.39, 0.29) is 10.8 Å². The third kappa shape index (κ3) is 4.96. The Labute approximate surface area is 168 Å². The predicted molar refractivity (Wildman–Crippen MR) is 111 cm³/mol. The van der Waals surface area contributed by atoms with Crippen molar-refractivity contribution in [2.24, 2.45) is 0 Å². The van der Waals surface area contributed by atoms with Gasteiger partial charge < -0.3 is 5.32 Å². The highest BCUT2D eigenvalue weighted by Crippen LogP contribution is 2.19. The number of para-hydroxylation sites is 1. The van der Waals surface area contributed by atoms with Gasteiger partial charge in [0.25, 0.3) is 15.9 Å². The first-order valence-electron chi connectivity index (χ1n) is 8.75. The lowest BCUT2D eigenvalue weighted by atomic mass is 10.2. The minimum Gasteiger partial charge on any atom is -0.346 e. The number of benzene rings is 2. The molecule has 0 aliphatic heterocycles. The van der Waals surface area contributed by atoms with E-state index in [9.17, 15) is 13.2 Å². The summed E-state index contributed by atoms with van der Waals surface area (Å²) in [6.45, 7) is 4.48. The molecule has 0 atom stereocenters. The van der Waals surface area contributed by atoms with Crippen LogP contribution in [0.25, 0.3) is 0 Å². The van der Waals surface area contributed by atoms with Crippen molar-refractivity contribution in [1.29, 1.82) is 0 Å². The first-order chi connectivity index (χ1) is 13.3. The van der Waals surface area contributed by atoms with Gasteiger partial charge in [-0.1, -0.05) is 32.0 Å². The lowest BCUT2D eigenvalue weighted by Crippen LogP contribution is -2.23. The first-order valence-corrected chi connectivity index (χ1v) is 11.1. The van der Waals surface area contributed by atoms with Gasteiger partial charge in [-0.15, -0.1) is 11.3 Å². The van der Waals surface area contributed by atoms with Crippen LogP contribution >= 0.6 is 11.3 Å². The molecule has 6 nitrogen and oxygen atoms in total. The molecule has 0 aliphatic carbocycles. The van der Waals surface area contributed by atoms with E-state index in [4.69, 9.17) is 0 Å². The van der Waals surface area contributed by atoms with E-state index in [0.29, 0.717) is 23.7 Å². The van der Waals surface area contributed by atoms with Crippen molar-refractivity contribution in [3.63, 3.8) is 0 Å². The topological polar surface area (TPSA) is 88.2 Å². The summed E-state index contributed by atoms with van der Waals surface area (Å²) in [6.07, 6.45) is 0. The fraction of sp³-hybridized carbons (Fsp3) is 0.200. The zero-order chi connectivity index (χ0) is 20.1. The highest BCUT2D eigenvalue weighted by Gasteiger charge is 2.15. The van der Waals surface area contributed by atoms with Crippen LogP contribution in [0, 0.1) is 0 Å². The van der Waals surface area contributed by atoms with Gasteiger partial charge in [0.2, 0.25) is 0 Å². The molecule has 3 aromatic rings. The number of hydrogen-bond donors (Lipinski definition) is 2. The molecule has 28 heavy (non-hydrogen) atoms. The molecule has 1 aromatic heterocycles. The minimum absolute atomic E-state index is 0.0916. The molecular weight excluding hydrogens is 394 g/mol. The summed E-state index contributed by atoms with van der Waals surface area (Å²) in [6, 6.07) is 14.5. The number of nitrogens with zero attached hydrogens (tertiary/aromatic N) is 1. The molecule has 0 saturated heterocycles. The SMILES string of the molecule is CC(C)c1nc(CNC(=O)c2ccc(S(=O)(=O)Nc3ccccc3)cc2)cs1. The van der Waals surface area contributed by atoms with Crippen molar-refractivity contribution in [3.8, 4) is 0 Å². The summed E-state index contributed by atoms with van der Waals surface area (Å²) in [5.74, 6) is 0.0764. The Balaban J connectivity index is 1.63. The number of sulfonamides is 1. The number of aromatic nitrogens is 1. The number of carbonyl (C=O) groups is 1. The maximum absolute atomic E-state index is 12.4. The highest BCUT2D eigenvalue weighted by atomic mass is 32.2. The van der Waals surface area contributed by atoms with E-state index in [1.807, 2.05) is 5.38 Å². The van der Waals surface area contributed by atoms with E-state index < -0.39 is 10.0 Å². The summed E-state index contributed by atoms with van der Waals surface area (Å²) in [7, 11) is -3.71. The minimum atomic E-state index is -3.71. The van der Waals surface area contributed by atoms with Crippen LogP contribution in [0.15, 0.2) is 64.9 Å². The van der Waals surface area contributed by atoms with Crippen LogP contribution in [0.3, 0.4) is 0 Å². The van der Waals surface area contributed by atoms with Gasteiger partial charge in [-0.2, -0.15) is 0 Å². The van der Waals surface area contributed by atoms with Gasteiger partial charge in [0, 0.05) is 22.5 Å². The largest absolute Gasteiger partial charge is 0.346 e. The van der Waals surface area contributed by atoms with Crippen LogP contribution in [0.1, 0.15) is 40.8 Å². The standard InChI is InChI=1S/C20H21N3O3S2/c1-14(2)20-22-17(13-27-20)12-21-19(24)15-8-10-18(11-9-15)28(25,26)23-16-6-4-3-5-7-16/h3-11,13-14,23H,12H2,1-2H3,(H,21,24). The first kappa shape index (κ1) is 20.0. The third-order valence-corrected chi connectivity index (χ3v) is 6.54. The number of nitrogens with one attached hydrogen (secondary N) is 2. The average molecular weight is 416 g/mol. The van der Waals surface area contributed by atoms with E-state index >= 15 is 0 Å². The Bertz CT molecular complexity index is 1040. The summed E-state index contributed by atoms with van der Waals surface area (Å²) in [4.78, 5) is 16.9. The van der Waals surface area contributed by atoms with Gasteiger partial charge in [-0.3, -0.25) is 9.52 Å². The maximum Gasteiger partial charge on any atom is 0.261 e. The van der Waals surface area contributed by atoms with Crippen LogP contribution < -0.4 is 10.0 Å². The van der Waals surface area contributed by atoms with Gasteiger partial charge >= 0.3 is 0 Å². The van der Waals surface area contributed by atoms with Gasteiger partial charge in [0.1, 0.15) is 0 Å². The van der Waals surface area contributed by atoms with Crippen molar-refractivity contribution in [1.82, 2.24) is 10.3 Å². The Morgan fingerprint density at radius 1 is 1.07 bits per heavy atom. The van der Waals surface area contributed by atoms with Crippen molar-refractivity contribution in [3.05, 3.63) is 76.2 Å². The number of amides is 1. The summed E-state index contributed by atoms with van der Waals surface area (Å²) >= 11 is 1.57. The number of thiazole rings is 1. The number of rotatable bonds is 7. The molecule has 0 unspecified atom stereocenters. The van der Waals surface area contributed by atoms with Crippen LogP contribution in [0.5, 0.6) is 0 Å². The molecule has 146 valence electrons. The van der Waals surface area contributed by atoms with Gasteiger partial charge in [-0.05, 0) is 36.4 Å². The Hall–Kier alpha value is -2.71. The van der Waals surface area contributed by atoms with Crippen LogP contribution in [-0.4, -0.2) is 19.3 Å². The monoisotopic (exact) mass is 415 g/mol. The Morgan fingerprint density at radius 3 is 2.36 bits per heavy atom. The summed E-state index contributed by atoms with van der Waals surface area (Å²) in [5.41, 5.74) is 1.68. The molecule has 0 fully saturated rings. The molecule has 1 heterocycles. The molecule has 2 N–H and O–H groups in total. The normalized spacial score (nSPS) is 11.4. The summed E-state index contributed by atoms with van der Waals surface area (Å²) < 4.78 is 27.4. The fourth-order valence-corrected chi connectivity index (χ4v) is 4.34. The van der Waals surface area contributed by atoms with Crippen molar-refractivity contribution in [2.45, 2.75) is 31.2 Å². The van der Waals surface area contributed by atoms with Crippen molar-refractivity contribution < 1.29 is 13.2 Å². The van der Waals surface area contributed by atoms with Gasteiger partial charge in [0.05, 0.1) is 22.1 Å². The lowest BCUT2D eigenvalue weighted by Gasteiger charge is -2.09. The smallest absolute Gasteiger partial charge is 0.261 e. The van der Waals surface area contributed by atoms with E-state index in [0.717, 1.165) is 10.7 Å². The van der Waals surface area contributed by atoms with Crippen LogP contribution in [-0.2, 0) is 16.6 Å². The number of anilines is 1. The van der Waals surface area contributed by atoms with Crippen LogP contribution in [0.2, 0.25) is 0 Å². The molecule has 0 bridgehead atoms. The molecule has 0 spiro atoms. The summed E-state index contributed by atoms with van der Waals surface area (Å²) in [5, 5.41) is 5.77. The molecular formula is C20H21N3O3S2. The predicted octanol–water partition coefficient (Wildman–Crippen LogP) is 4.00. The molecule has 3 rings (SSSR count). The molecule has 0 saturated carbocycles. The Morgan fingerprint density at radius 2 is 1.75 bits per heavy atom. The molecule has 2 aromatic carbocycles. The van der Waals surface area contributed by atoms with Gasteiger partial charge in [0.15, 0.2) is 0 Å². The average Bonchev–Trinajstić information content (AvgIpc) is 3.16. The third-order valence-electron chi connectivity index (χ3n) is 3.95. The molecule has 0 radical (unpaired) electrons. The second-order valence-corrected chi connectivity index (χ2v) is 9.08. The van der Waals surface area contributed by atoms with E-state index in [1.165, 1.54) is 24.3 Å².